The van der Waals surface area contributed by atoms with Crippen molar-refractivity contribution in [1.29, 1.82) is 0 Å². The standard InChI is InChI=1S/C19H25FN2O2/c20-16-8-6-14(7-9-16)13-15-3-1-4-17(15)21-18(23)10-12-22-11-2-5-19(22)24/h6-9,15,17H,1-5,10-13H2,(H,21,23)/t15-,17-/m0/s1. The van der Waals surface area contributed by atoms with E-state index in [0.29, 0.717) is 25.3 Å². The molecule has 2 aliphatic rings. The summed E-state index contributed by atoms with van der Waals surface area (Å²) in [6.45, 7) is 1.31. The van der Waals surface area contributed by atoms with E-state index in [-0.39, 0.29) is 23.7 Å². The number of hydrogen-bond donors (Lipinski definition) is 1. The second kappa shape index (κ2) is 7.77. The molecular formula is C19H25FN2O2. The Bertz CT molecular complexity index is 588. The quantitative estimate of drug-likeness (QED) is 0.871. The van der Waals surface area contributed by atoms with Crippen LogP contribution in [0.2, 0.25) is 0 Å². The summed E-state index contributed by atoms with van der Waals surface area (Å²) < 4.78 is 13.0. The van der Waals surface area contributed by atoms with E-state index in [2.05, 4.69) is 5.32 Å². The summed E-state index contributed by atoms with van der Waals surface area (Å²) >= 11 is 0. The van der Waals surface area contributed by atoms with Crippen LogP contribution in [-0.2, 0) is 16.0 Å². The number of hydrogen-bond acceptors (Lipinski definition) is 2. The molecule has 2 fully saturated rings. The van der Waals surface area contributed by atoms with Crippen LogP contribution in [0.3, 0.4) is 0 Å². The summed E-state index contributed by atoms with van der Waals surface area (Å²) in [4.78, 5) is 25.6. The first-order chi connectivity index (χ1) is 11.6. The van der Waals surface area contributed by atoms with Crippen molar-refractivity contribution < 1.29 is 14.0 Å². The van der Waals surface area contributed by atoms with Crippen LogP contribution in [0.1, 0.15) is 44.1 Å². The van der Waals surface area contributed by atoms with E-state index in [1.165, 1.54) is 12.1 Å². The fourth-order valence-corrected chi connectivity index (χ4v) is 3.85. The number of rotatable bonds is 6. The van der Waals surface area contributed by atoms with Gasteiger partial charge in [0.2, 0.25) is 11.8 Å². The molecule has 1 aliphatic carbocycles. The van der Waals surface area contributed by atoms with Crippen LogP contribution in [0.25, 0.3) is 0 Å². The normalized spacial score (nSPS) is 23.7. The van der Waals surface area contributed by atoms with Gasteiger partial charge in [-0.15, -0.1) is 0 Å². The molecule has 1 heterocycles. The Kier molecular flexibility index (Phi) is 5.48. The molecule has 1 aromatic rings. The molecule has 0 bridgehead atoms. The highest BCUT2D eigenvalue weighted by atomic mass is 19.1. The van der Waals surface area contributed by atoms with Crippen LogP contribution in [0, 0.1) is 11.7 Å². The molecular weight excluding hydrogens is 307 g/mol. The minimum atomic E-state index is -0.216. The molecule has 1 aliphatic heterocycles. The molecule has 1 saturated carbocycles. The number of carbonyl (C=O) groups excluding carboxylic acids is 2. The summed E-state index contributed by atoms with van der Waals surface area (Å²) in [6, 6.07) is 6.82. The van der Waals surface area contributed by atoms with Gasteiger partial charge in [0.15, 0.2) is 0 Å². The smallest absolute Gasteiger partial charge is 0.222 e. The lowest BCUT2D eigenvalue weighted by Gasteiger charge is -2.22. The van der Waals surface area contributed by atoms with Crippen LogP contribution >= 0.6 is 0 Å². The van der Waals surface area contributed by atoms with Gasteiger partial charge in [0.05, 0.1) is 0 Å². The molecule has 0 radical (unpaired) electrons. The number of halogens is 1. The molecule has 130 valence electrons. The molecule has 2 atom stereocenters. The van der Waals surface area contributed by atoms with Crippen LogP contribution in [-0.4, -0.2) is 35.8 Å². The van der Waals surface area contributed by atoms with E-state index >= 15 is 0 Å². The third kappa shape index (κ3) is 4.34. The molecule has 0 spiro atoms. The molecule has 3 rings (SSSR count). The zero-order chi connectivity index (χ0) is 16.9. The van der Waals surface area contributed by atoms with E-state index in [0.717, 1.165) is 44.2 Å². The first-order valence-electron chi connectivity index (χ1n) is 8.93. The van der Waals surface area contributed by atoms with Crippen molar-refractivity contribution in [3.8, 4) is 0 Å². The minimum absolute atomic E-state index is 0.0331. The Morgan fingerprint density at radius 1 is 1.21 bits per heavy atom. The Morgan fingerprint density at radius 3 is 2.71 bits per heavy atom. The monoisotopic (exact) mass is 332 g/mol. The second-order valence-electron chi connectivity index (χ2n) is 6.93. The number of nitrogens with one attached hydrogen (secondary N) is 1. The van der Waals surface area contributed by atoms with Crippen LogP contribution < -0.4 is 5.32 Å². The zero-order valence-electron chi connectivity index (χ0n) is 14.0. The highest BCUT2D eigenvalue weighted by molar-refractivity contribution is 5.80. The van der Waals surface area contributed by atoms with Gasteiger partial charge in [0.1, 0.15) is 5.82 Å². The van der Waals surface area contributed by atoms with Gasteiger partial charge in [-0.05, 0) is 49.3 Å². The van der Waals surface area contributed by atoms with Crippen molar-refractivity contribution in [2.45, 2.75) is 51.0 Å². The number of likely N-dealkylation sites (tertiary alicyclic amines) is 1. The second-order valence-corrected chi connectivity index (χ2v) is 6.93. The Labute approximate surface area is 142 Å². The molecule has 5 heteroatoms. The first-order valence-corrected chi connectivity index (χ1v) is 8.93. The topological polar surface area (TPSA) is 49.4 Å². The Morgan fingerprint density at radius 2 is 2.00 bits per heavy atom. The van der Waals surface area contributed by atoms with E-state index < -0.39 is 0 Å². The molecule has 1 saturated heterocycles. The van der Waals surface area contributed by atoms with Gasteiger partial charge in [0.25, 0.3) is 0 Å². The molecule has 24 heavy (non-hydrogen) atoms. The van der Waals surface area contributed by atoms with Crippen LogP contribution in [0.15, 0.2) is 24.3 Å². The average molecular weight is 332 g/mol. The lowest BCUT2D eigenvalue weighted by atomic mass is 9.94. The lowest BCUT2D eigenvalue weighted by Crippen LogP contribution is -2.39. The average Bonchev–Trinajstić information content (AvgIpc) is 3.17. The summed E-state index contributed by atoms with van der Waals surface area (Å²) in [7, 11) is 0. The highest BCUT2D eigenvalue weighted by Gasteiger charge is 2.29. The number of benzene rings is 1. The van der Waals surface area contributed by atoms with Gasteiger partial charge in [-0.1, -0.05) is 18.6 Å². The number of nitrogens with zero attached hydrogens (tertiary/aromatic N) is 1. The highest BCUT2D eigenvalue weighted by Crippen LogP contribution is 2.29. The van der Waals surface area contributed by atoms with Gasteiger partial charge in [-0.2, -0.15) is 0 Å². The number of amides is 2. The maximum absolute atomic E-state index is 13.0. The number of carbonyl (C=O) groups is 2. The fraction of sp³-hybridized carbons (Fsp3) is 0.579. The summed E-state index contributed by atoms with van der Waals surface area (Å²) in [5, 5.41) is 3.15. The predicted octanol–water partition coefficient (Wildman–Crippen LogP) is 2.67. The van der Waals surface area contributed by atoms with Crippen molar-refractivity contribution in [2.24, 2.45) is 5.92 Å². The molecule has 2 amide bonds. The summed E-state index contributed by atoms with van der Waals surface area (Å²) in [5.74, 6) is 0.392. The van der Waals surface area contributed by atoms with Crippen LogP contribution in [0.5, 0.6) is 0 Å². The van der Waals surface area contributed by atoms with Crippen molar-refractivity contribution in [3.05, 3.63) is 35.6 Å². The molecule has 1 N–H and O–H groups in total. The van der Waals surface area contributed by atoms with Crippen molar-refractivity contribution in [3.63, 3.8) is 0 Å². The van der Waals surface area contributed by atoms with E-state index in [9.17, 15) is 14.0 Å². The molecule has 1 aromatic carbocycles. The first kappa shape index (κ1) is 16.9. The maximum atomic E-state index is 13.0. The molecule has 0 aromatic heterocycles. The maximum Gasteiger partial charge on any atom is 0.222 e. The van der Waals surface area contributed by atoms with Gasteiger partial charge in [0, 0.05) is 32.0 Å². The van der Waals surface area contributed by atoms with Gasteiger partial charge in [-0.3, -0.25) is 9.59 Å². The van der Waals surface area contributed by atoms with E-state index in [1.807, 2.05) is 12.1 Å². The fourth-order valence-electron chi connectivity index (χ4n) is 3.85. The minimum Gasteiger partial charge on any atom is -0.353 e. The molecule has 0 unspecified atom stereocenters. The van der Waals surface area contributed by atoms with Crippen molar-refractivity contribution >= 4 is 11.8 Å². The third-order valence-corrected chi connectivity index (χ3v) is 5.20. The summed E-state index contributed by atoms with van der Waals surface area (Å²) in [6.07, 6.45) is 5.97. The largest absolute Gasteiger partial charge is 0.353 e. The van der Waals surface area contributed by atoms with Gasteiger partial charge < -0.3 is 10.2 Å². The SMILES string of the molecule is O=C(CCN1CCCC1=O)N[C@H]1CCC[C@H]1Cc1ccc(F)cc1. The zero-order valence-corrected chi connectivity index (χ0v) is 14.0. The predicted molar refractivity (Wildman–Crippen MR) is 89.8 cm³/mol. The van der Waals surface area contributed by atoms with Crippen LogP contribution in [0.4, 0.5) is 4.39 Å². The Balaban J connectivity index is 1.47. The third-order valence-electron chi connectivity index (χ3n) is 5.20. The Hall–Kier alpha value is -1.91. The molecule has 4 nitrogen and oxygen atoms in total. The van der Waals surface area contributed by atoms with Crippen molar-refractivity contribution in [2.75, 3.05) is 13.1 Å². The van der Waals surface area contributed by atoms with E-state index in [1.54, 1.807) is 4.90 Å². The van der Waals surface area contributed by atoms with Gasteiger partial charge in [-0.25, -0.2) is 4.39 Å². The van der Waals surface area contributed by atoms with Gasteiger partial charge >= 0.3 is 0 Å². The van der Waals surface area contributed by atoms with Crippen molar-refractivity contribution in [1.82, 2.24) is 10.2 Å². The van der Waals surface area contributed by atoms with E-state index in [4.69, 9.17) is 0 Å². The summed E-state index contributed by atoms with van der Waals surface area (Å²) in [5.41, 5.74) is 1.12. The lowest BCUT2D eigenvalue weighted by molar-refractivity contribution is -0.128.